The van der Waals surface area contributed by atoms with Crippen LogP contribution in [0.25, 0.3) is 6.08 Å². The number of esters is 1. The normalized spacial score (nSPS) is 12.6. The number of fused-ring (bicyclic) bond motifs is 1. The first-order chi connectivity index (χ1) is 14.4. The van der Waals surface area contributed by atoms with E-state index in [0.717, 1.165) is 11.4 Å². The number of benzene rings is 1. The van der Waals surface area contributed by atoms with E-state index >= 15 is 0 Å². The monoisotopic (exact) mass is 411 g/mol. The molecule has 3 rings (SSSR count). The van der Waals surface area contributed by atoms with Crippen LogP contribution in [0.5, 0.6) is 17.2 Å². The highest BCUT2D eigenvalue weighted by molar-refractivity contribution is 6.00. The first kappa shape index (κ1) is 21.2. The molecule has 30 heavy (non-hydrogen) atoms. The minimum Gasteiger partial charge on any atom is -0.493 e. The number of hydrogen-bond donors (Lipinski definition) is 0. The van der Waals surface area contributed by atoms with Gasteiger partial charge in [-0.1, -0.05) is 6.08 Å². The molecule has 7 nitrogen and oxygen atoms in total. The average Bonchev–Trinajstić information content (AvgIpc) is 3.04. The van der Waals surface area contributed by atoms with E-state index in [2.05, 4.69) is 6.58 Å². The van der Waals surface area contributed by atoms with Gasteiger partial charge in [-0.2, -0.15) is 0 Å². The third kappa shape index (κ3) is 4.56. The number of carbonyl (C=O) groups excluding carboxylic acids is 2. The quantitative estimate of drug-likeness (QED) is 0.286. The van der Waals surface area contributed by atoms with E-state index in [1.54, 1.807) is 30.4 Å². The Hall–Kier alpha value is -3.48. The summed E-state index contributed by atoms with van der Waals surface area (Å²) < 4.78 is 23.6. The Morgan fingerprint density at radius 2 is 1.97 bits per heavy atom. The molecular formula is C23H25NO6. The molecule has 1 aliphatic rings. The number of allylic oxidation sites excluding steroid dienone is 1. The largest absolute Gasteiger partial charge is 0.493 e. The van der Waals surface area contributed by atoms with Crippen LogP contribution < -0.4 is 14.2 Å². The van der Waals surface area contributed by atoms with Gasteiger partial charge in [-0.05, 0) is 43.7 Å². The van der Waals surface area contributed by atoms with Crippen LogP contribution in [0.1, 0.15) is 27.3 Å². The topological polar surface area (TPSA) is 76.0 Å². The average molecular weight is 411 g/mol. The number of hydrogen-bond acceptors (Lipinski definition) is 6. The summed E-state index contributed by atoms with van der Waals surface area (Å²) in [6.07, 6.45) is 4.61. The van der Waals surface area contributed by atoms with Crippen molar-refractivity contribution in [2.45, 2.75) is 20.4 Å². The second-order valence-electron chi connectivity index (χ2n) is 6.80. The van der Waals surface area contributed by atoms with E-state index in [-0.39, 0.29) is 12.4 Å². The fraction of sp³-hybridized carbons (Fsp3) is 0.304. The molecule has 0 saturated carbocycles. The molecule has 0 unspecified atom stereocenters. The number of ether oxygens (including phenoxy) is 4. The number of methoxy groups -OCH3 is 1. The maximum atomic E-state index is 12.5. The SMILES string of the molecule is C=CCn1c(C)cc(C(=O)COC(=O)/C=C/c2cc(OC)c3c(c2)OCCO3)c1C. The third-order valence-electron chi connectivity index (χ3n) is 4.79. The van der Waals surface area contributed by atoms with Gasteiger partial charge in [0.2, 0.25) is 11.5 Å². The van der Waals surface area contributed by atoms with Crippen molar-refractivity contribution in [1.29, 1.82) is 0 Å². The smallest absolute Gasteiger partial charge is 0.331 e. The van der Waals surface area contributed by atoms with Crippen molar-refractivity contribution >= 4 is 17.8 Å². The van der Waals surface area contributed by atoms with Gasteiger partial charge in [0.25, 0.3) is 0 Å². The van der Waals surface area contributed by atoms with Crippen molar-refractivity contribution in [2.24, 2.45) is 0 Å². The van der Waals surface area contributed by atoms with Gasteiger partial charge in [0.1, 0.15) is 13.2 Å². The number of aryl methyl sites for hydroxylation is 1. The summed E-state index contributed by atoms with van der Waals surface area (Å²) in [6, 6.07) is 5.28. The second kappa shape index (κ2) is 9.35. The molecule has 2 heterocycles. The third-order valence-corrected chi connectivity index (χ3v) is 4.79. The highest BCUT2D eigenvalue weighted by Crippen LogP contribution is 2.40. The molecule has 0 radical (unpaired) electrons. The van der Waals surface area contributed by atoms with Crippen molar-refractivity contribution in [1.82, 2.24) is 4.57 Å². The number of carbonyl (C=O) groups is 2. The van der Waals surface area contributed by atoms with E-state index < -0.39 is 5.97 Å². The van der Waals surface area contributed by atoms with Gasteiger partial charge in [-0.15, -0.1) is 6.58 Å². The lowest BCUT2D eigenvalue weighted by molar-refractivity contribution is -0.136. The molecule has 0 fully saturated rings. The summed E-state index contributed by atoms with van der Waals surface area (Å²) >= 11 is 0. The first-order valence-corrected chi connectivity index (χ1v) is 9.58. The van der Waals surface area contributed by atoms with Crippen molar-refractivity contribution in [2.75, 3.05) is 26.9 Å². The molecule has 0 bridgehead atoms. The maximum Gasteiger partial charge on any atom is 0.331 e. The molecular weight excluding hydrogens is 386 g/mol. The van der Waals surface area contributed by atoms with Gasteiger partial charge in [0.15, 0.2) is 18.1 Å². The van der Waals surface area contributed by atoms with Crippen LogP contribution in [-0.2, 0) is 16.1 Å². The van der Waals surface area contributed by atoms with Gasteiger partial charge < -0.3 is 23.5 Å². The second-order valence-corrected chi connectivity index (χ2v) is 6.80. The highest BCUT2D eigenvalue weighted by Gasteiger charge is 2.18. The van der Waals surface area contributed by atoms with Crippen molar-refractivity contribution in [3.8, 4) is 17.2 Å². The van der Waals surface area contributed by atoms with E-state index in [1.807, 2.05) is 18.4 Å². The van der Waals surface area contributed by atoms with Gasteiger partial charge in [-0.25, -0.2) is 4.79 Å². The Morgan fingerprint density at radius 1 is 1.20 bits per heavy atom. The van der Waals surface area contributed by atoms with Gasteiger partial charge in [-0.3, -0.25) is 4.79 Å². The fourth-order valence-corrected chi connectivity index (χ4v) is 3.31. The zero-order valence-corrected chi connectivity index (χ0v) is 17.4. The molecule has 1 aliphatic heterocycles. The maximum absolute atomic E-state index is 12.5. The van der Waals surface area contributed by atoms with Crippen LogP contribution in [-0.4, -0.2) is 43.3 Å². The Morgan fingerprint density at radius 3 is 2.70 bits per heavy atom. The summed E-state index contributed by atoms with van der Waals surface area (Å²) in [6.45, 7) is 8.70. The molecule has 0 N–H and O–H groups in total. The van der Waals surface area contributed by atoms with Crippen molar-refractivity contribution < 1.29 is 28.5 Å². The Kier molecular flexibility index (Phi) is 6.61. The van der Waals surface area contributed by atoms with E-state index in [4.69, 9.17) is 18.9 Å². The minimum absolute atomic E-state index is 0.249. The summed E-state index contributed by atoms with van der Waals surface area (Å²) in [5, 5.41) is 0. The molecule has 1 aromatic heterocycles. The Bertz CT molecular complexity index is 984. The van der Waals surface area contributed by atoms with Crippen LogP contribution in [0.2, 0.25) is 0 Å². The summed E-state index contributed by atoms with van der Waals surface area (Å²) in [5.41, 5.74) is 3.01. The van der Waals surface area contributed by atoms with Crippen LogP contribution >= 0.6 is 0 Å². The number of aromatic nitrogens is 1. The molecule has 158 valence electrons. The Labute approximate surface area is 175 Å². The van der Waals surface area contributed by atoms with E-state index in [0.29, 0.717) is 48.1 Å². The molecule has 0 spiro atoms. The van der Waals surface area contributed by atoms with Crippen LogP contribution in [0.15, 0.2) is 36.9 Å². The molecule has 0 aliphatic carbocycles. The van der Waals surface area contributed by atoms with E-state index in [1.165, 1.54) is 13.2 Å². The van der Waals surface area contributed by atoms with Crippen molar-refractivity contribution in [3.05, 3.63) is 59.4 Å². The molecule has 0 atom stereocenters. The van der Waals surface area contributed by atoms with Crippen LogP contribution in [0.4, 0.5) is 0 Å². The lowest BCUT2D eigenvalue weighted by Crippen LogP contribution is -2.16. The summed E-state index contributed by atoms with van der Waals surface area (Å²) in [4.78, 5) is 24.6. The van der Waals surface area contributed by atoms with Crippen LogP contribution in [0.3, 0.4) is 0 Å². The Balaban J connectivity index is 1.64. The lowest BCUT2D eigenvalue weighted by Gasteiger charge is -2.20. The molecule has 1 aromatic carbocycles. The minimum atomic E-state index is -0.614. The predicted molar refractivity (Wildman–Crippen MR) is 112 cm³/mol. The number of ketones is 1. The number of nitrogens with zero attached hydrogens (tertiary/aromatic N) is 1. The zero-order chi connectivity index (χ0) is 21.7. The number of Topliss-reactive ketones (excluding diaryl/α,β-unsaturated/α-hetero) is 1. The van der Waals surface area contributed by atoms with Gasteiger partial charge in [0.05, 0.1) is 7.11 Å². The highest BCUT2D eigenvalue weighted by atomic mass is 16.6. The molecule has 0 saturated heterocycles. The molecule has 7 heteroatoms. The fourth-order valence-electron chi connectivity index (χ4n) is 3.31. The lowest BCUT2D eigenvalue weighted by atomic mass is 10.1. The molecule has 0 amide bonds. The van der Waals surface area contributed by atoms with Crippen molar-refractivity contribution in [3.63, 3.8) is 0 Å². The standard InChI is InChI=1S/C23H25NO6/c1-5-8-24-15(2)11-18(16(24)3)19(25)14-30-22(26)7-6-17-12-20(27-4)23-21(13-17)28-9-10-29-23/h5-7,11-13H,1,8-10,14H2,2-4H3/b7-6+. The zero-order valence-electron chi connectivity index (χ0n) is 17.4. The predicted octanol–water partition coefficient (Wildman–Crippen LogP) is 3.51. The number of rotatable bonds is 8. The van der Waals surface area contributed by atoms with E-state index in [9.17, 15) is 9.59 Å². The molecule has 2 aromatic rings. The summed E-state index contributed by atoms with van der Waals surface area (Å²) in [5.74, 6) is 0.755. The summed E-state index contributed by atoms with van der Waals surface area (Å²) in [7, 11) is 1.53. The van der Waals surface area contributed by atoms with Gasteiger partial charge in [0, 0.05) is 29.6 Å². The van der Waals surface area contributed by atoms with Crippen LogP contribution in [0, 0.1) is 13.8 Å². The van der Waals surface area contributed by atoms with Gasteiger partial charge >= 0.3 is 5.97 Å². The first-order valence-electron chi connectivity index (χ1n) is 9.58.